The summed E-state index contributed by atoms with van der Waals surface area (Å²) in [5, 5.41) is 17.4. The van der Waals surface area contributed by atoms with Crippen molar-refractivity contribution < 1.29 is 10.2 Å². The van der Waals surface area contributed by atoms with Gasteiger partial charge in [-0.25, -0.2) is 0 Å². The molecule has 0 aromatic carbocycles. The fraction of sp³-hybridized carbons (Fsp3) is 1.00. The number of aliphatic hydroxyl groups is 2. The lowest BCUT2D eigenvalue weighted by Gasteiger charge is -2.18. The van der Waals surface area contributed by atoms with Crippen LogP contribution >= 0.6 is 31.9 Å². The summed E-state index contributed by atoms with van der Waals surface area (Å²) in [5.74, 6) is 0. The monoisotopic (exact) mass is 246 g/mol. The van der Waals surface area contributed by atoms with E-state index in [9.17, 15) is 0 Å². The second-order valence-electron chi connectivity index (χ2n) is 1.51. The molecular formula is C4H8Br2O2. The molecule has 0 spiro atoms. The van der Waals surface area contributed by atoms with E-state index in [1.807, 2.05) is 6.92 Å². The predicted octanol–water partition coefficient (Wildman–Crippen LogP) is 1.19. The van der Waals surface area contributed by atoms with E-state index < -0.39 is 4.70 Å². The SMILES string of the molecule is CCC(Br)C(O)(O)Br. The van der Waals surface area contributed by atoms with Gasteiger partial charge in [-0.3, -0.25) is 0 Å². The third kappa shape index (κ3) is 3.02. The fourth-order valence-corrected chi connectivity index (χ4v) is 0.583. The van der Waals surface area contributed by atoms with Crippen LogP contribution in [0.3, 0.4) is 0 Å². The van der Waals surface area contributed by atoms with Gasteiger partial charge >= 0.3 is 0 Å². The molecule has 1 unspecified atom stereocenters. The Balaban J connectivity index is 3.62. The van der Waals surface area contributed by atoms with Crippen molar-refractivity contribution in [3.05, 3.63) is 0 Å². The average molecular weight is 248 g/mol. The van der Waals surface area contributed by atoms with Crippen molar-refractivity contribution in [1.29, 1.82) is 0 Å². The van der Waals surface area contributed by atoms with E-state index >= 15 is 0 Å². The van der Waals surface area contributed by atoms with Crippen molar-refractivity contribution in [2.75, 3.05) is 0 Å². The van der Waals surface area contributed by atoms with Crippen LogP contribution in [0.25, 0.3) is 0 Å². The van der Waals surface area contributed by atoms with Crippen LogP contribution in [0.2, 0.25) is 0 Å². The van der Waals surface area contributed by atoms with Gasteiger partial charge in [0.1, 0.15) is 0 Å². The molecule has 2 N–H and O–H groups in total. The van der Waals surface area contributed by atoms with Crippen molar-refractivity contribution in [3.8, 4) is 0 Å². The van der Waals surface area contributed by atoms with Gasteiger partial charge in [-0.1, -0.05) is 22.9 Å². The summed E-state index contributed by atoms with van der Waals surface area (Å²) in [6.07, 6.45) is 0.665. The zero-order valence-electron chi connectivity index (χ0n) is 4.43. The van der Waals surface area contributed by atoms with Gasteiger partial charge in [0.15, 0.2) is 0 Å². The van der Waals surface area contributed by atoms with E-state index in [0.29, 0.717) is 6.42 Å². The summed E-state index contributed by atoms with van der Waals surface area (Å²) in [5.41, 5.74) is 0. The Labute approximate surface area is 65.2 Å². The maximum atomic E-state index is 8.71. The third-order valence-corrected chi connectivity index (χ3v) is 3.21. The first-order valence-corrected chi connectivity index (χ1v) is 3.97. The molecule has 0 fully saturated rings. The molecule has 0 aromatic heterocycles. The second kappa shape index (κ2) is 3.15. The van der Waals surface area contributed by atoms with Crippen LogP contribution in [0.15, 0.2) is 0 Å². The Bertz CT molecular complexity index is 68.9. The van der Waals surface area contributed by atoms with Gasteiger partial charge in [-0.05, 0) is 22.4 Å². The van der Waals surface area contributed by atoms with Crippen LogP contribution in [0, 0.1) is 0 Å². The number of rotatable bonds is 2. The normalized spacial score (nSPS) is 16.1. The largest absolute Gasteiger partial charge is 0.356 e. The van der Waals surface area contributed by atoms with Crippen molar-refractivity contribution in [1.82, 2.24) is 0 Å². The zero-order chi connectivity index (χ0) is 6.78. The number of hydrogen-bond acceptors (Lipinski definition) is 2. The Kier molecular flexibility index (Phi) is 3.50. The van der Waals surface area contributed by atoms with Crippen LogP contribution in [0.1, 0.15) is 13.3 Å². The topological polar surface area (TPSA) is 40.5 Å². The Morgan fingerprint density at radius 2 is 2.00 bits per heavy atom. The molecule has 50 valence electrons. The second-order valence-corrected chi connectivity index (χ2v) is 3.78. The lowest BCUT2D eigenvalue weighted by Crippen LogP contribution is -2.30. The highest BCUT2D eigenvalue weighted by Crippen LogP contribution is 2.23. The van der Waals surface area contributed by atoms with Gasteiger partial charge < -0.3 is 10.2 Å². The average Bonchev–Trinajstić information content (AvgIpc) is 1.62. The van der Waals surface area contributed by atoms with Crippen molar-refractivity contribution in [2.45, 2.75) is 22.9 Å². The summed E-state index contributed by atoms with van der Waals surface area (Å²) >= 11 is 5.72. The lowest BCUT2D eigenvalue weighted by molar-refractivity contribution is -0.0676. The Hall–Kier alpha value is 0.880. The minimum atomic E-state index is -1.76. The molecule has 0 amide bonds. The minimum Gasteiger partial charge on any atom is -0.356 e. The number of alkyl halides is 2. The van der Waals surface area contributed by atoms with E-state index in [4.69, 9.17) is 10.2 Å². The maximum absolute atomic E-state index is 8.71. The van der Waals surface area contributed by atoms with Crippen LogP contribution in [0.5, 0.6) is 0 Å². The molecule has 0 aliphatic heterocycles. The molecule has 0 saturated heterocycles. The fourth-order valence-electron chi connectivity index (χ4n) is 0.260. The number of halogens is 2. The highest BCUT2D eigenvalue weighted by molar-refractivity contribution is 9.12. The Morgan fingerprint density at radius 1 is 1.62 bits per heavy atom. The predicted molar refractivity (Wildman–Crippen MR) is 39.1 cm³/mol. The van der Waals surface area contributed by atoms with E-state index in [1.165, 1.54) is 0 Å². The molecule has 0 rings (SSSR count). The standard InChI is InChI=1S/C4H8Br2O2/c1-2-3(5)4(6,7)8/h3,7-8H,2H2,1H3. The van der Waals surface area contributed by atoms with E-state index in [-0.39, 0.29) is 4.83 Å². The van der Waals surface area contributed by atoms with E-state index in [2.05, 4.69) is 31.9 Å². The van der Waals surface area contributed by atoms with E-state index in [0.717, 1.165) is 0 Å². The highest BCUT2D eigenvalue weighted by atomic mass is 79.9. The smallest absolute Gasteiger partial charge is 0.234 e. The molecule has 0 bridgehead atoms. The molecule has 0 radical (unpaired) electrons. The van der Waals surface area contributed by atoms with Crippen LogP contribution < -0.4 is 0 Å². The Morgan fingerprint density at radius 3 is 2.00 bits per heavy atom. The first-order valence-electron chi connectivity index (χ1n) is 2.26. The maximum Gasteiger partial charge on any atom is 0.234 e. The van der Waals surface area contributed by atoms with Crippen molar-refractivity contribution in [3.63, 3.8) is 0 Å². The molecule has 1 atom stereocenters. The molecule has 0 aliphatic rings. The third-order valence-electron chi connectivity index (χ3n) is 0.757. The summed E-state index contributed by atoms with van der Waals surface area (Å²) in [7, 11) is 0. The van der Waals surface area contributed by atoms with Gasteiger partial charge in [0, 0.05) is 0 Å². The van der Waals surface area contributed by atoms with Gasteiger partial charge in [-0.2, -0.15) is 0 Å². The zero-order valence-corrected chi connectivity index (χ0v) is 7.61. The molecular weight excluding hydrogens is 240 g/mol. The van der Waals surface area contributed by atoms with E-state index in [1.54, 1.807) is 0 Å². The lowest BCUT2D eigenvalue weighted by atomic mass is 10.3. The molecule has 2 nitrogen and oxygen atoms in total. The van der Waals surface area contributed by atoms with Crippen LogP contribution in [-0.2, 0) is 0 Å². The molecule has 0 aliphatic carbocycles. The minimum absolute atomic E-state index is 0.310. The summed E-state index contributed by atoms with van der Waals surface area (Å²) in [6.45, 7) is 1.85. The van der Waals surface area contributed by atoms with Crippen LogP contribution in [0.4, 0.5) is 0 Å². The quantitative estimate of drug-likeness (QED) is 0.569. The molecule has 4 heteroatoms. The van der Waals surface area contributed by atoms with Gasteiger partial charge in [-0.15, -0.1) is 0 Å². The van der Waals surface area contributed by atoms with Crippen molar-refractivity contribution in [2.24, 2.45) is 0 Å². The van der Waals surface area contributed by atoms with Gasteiger partial charge in [0.05, 0.1) is 4.83 Å². The van der Waals surface area contributed by atoms with Gasteiger partial charge in [0.25, 0.3) is 0 Å². The van der Waals surface area contributed by atoms with Crippen LogP contribution in [-0.4, -0.2) is 19.7 Å². The summed E-state index contributed by atoms with van der Waals surface area (Å²) < 4.78 is -1.76. The first-order chi connectivity index (χ1) is 3.48. The summed E-state index contributed by atoms with van der Waals surface area (Å²) in [4.78, 5) is -0.310. The molecule has 0 saturated carbocycles. The number of hydrogen-bond donors (Lipinski definition) is 2. The van der Waals surface area contributed by atoms with Crippen molar-refractivity contribution >= 4 is 31.9 Å². The molecule has 8 heavy (non-hydrogen) atoms. The first kappa shape index (κ1) is 8.88. The highest BCUT2D eigenvalue weighted by Gasteiger charge is 2.26. The summed E-state index contributed by atoms with van der Waals surface area (Å²) in [6, 6.07) is 0. The molecule has 0 heterocycles. The molecule has 0 aromatic rings. The van der Waals surface area contributed by atoms with Gasteiger partial charge in [0.2, 0.25) is 4.70 Å².